The summed E-state index contributed by atoms with van der Waals surface area (Å²) in [5, 5.41) is 14.2. The van der Waals surface area contributed by atoms with Gasteiger partial charge >= 0.3 is 0 Å². The van der Waals surface area contributed by atoms with Crippen molar-refractivity contribution in [3.8, 4) is 17.1 Å². The van der Waals surface area contributed by atoms with Crippen molar-refractivity contribution in [1.82, 2.24) is 19.8 Å². The molecule has 0 saturated carbocycles. The highest BCUT2D eigenvalue weighted by molar-refractivity contribution is 7.16. The maximum absolute atomic E-state index is 6.13. The quantitative estimate of drug-likeness (QED) is 0.454. The summed E-state index contributed by atoms with van der Waals surface area (Å²) in [5.41, 5.74) is 4.52. The van der Waals surface area contributed by atoms with Crippen LogP contribution in [0.2, 0.25) is 0 Å². The monoisotopic (exact) mass is 407 g/mol. The lowest BCUT2D eigenvalue weighted by Crippen LogP contribution is -2.08. The Morgan fingerprint density at radius 1 is 1.07 bits per heavy atom. The number of rotatable bonds is 6. The SMILES string of the molecule is Cc1ccc(C(C)C)c(OCc2nn3c(-c4ccc(N(C)C)cc4)nnc3s2)c1. The number of hydrogen-bond acceptors (Lipinski definition) is 6. The van der Waals surface area contributed by atoms with Crippen LogP contribution in [-0.4, -0.2) is 33.9 Å². The fraction of sp³-hybridized carbons (Fsp3) is 0.318. The maximum Gasteiger partial charge on any atom is 0.235 e. The molecule has 0 aliphatic rings. The van der Waals surface area contributed by atoms with Crippen molar-refractivity contribution < 1.29 is 4.74 Å². The highest BCUT2D eigenvalue weighted by atomic mass is 32.1. The third kappa shape index (κ3) is 3.96. The van der Waals surface area contributed by atoms with Crippen LogP contribution in [0, 0.1) is 6.92 Å². The zero-order chi connectivity index (χ0) is 20.5. The van der Waals surface area contributed by atoms with Gasteiger partial charge in [-0.3, -0.25) is 0 Å². The van der Waals surface area contributed by atoms with Crippen LogP contribution in [-0.2, 0) is 6.61 Å². The summed E-state index contributed by atoms with van der Waals surface area (Å²) < 4.78 is 7.93. The van der Waals surface area contributed by atoms with E-state index >= 15 is 0 Å². The van der Waals surface area contributed by atoms with Crippen molar-refractivity contribution in [2.75, 3.05) is 19.0 Å². The molecule has 0 unspecified atom stereocenters. The number of ether oxygens (including phenoxy) is 1. The molecule has 0 atom stereocenters. The molecule has 2 aromatic carbocycles. The van der Waals surface area contributed by atoms with E-state index in [0.29, 0.717) is 12.5 Å². The predicted molar refractivity (Wildman–Crippen MR) is 118 cm³/mol. The van der Waals surface area contributed by atoms with Crippen LogP contribution in [0.1, 0.15) is 35.9 Å². The Balaban J connectivity index is 1.57. The summed E-state index contributed by atoms with van der Waals surface area (Å²) >= 11 is 1.50. The van der Waals surface area contributed by atoms with E-state index in [1.165, 1.54) is 22.5 Å². The van der Waals surface area contributed by atoms with Crippen LogP contribution in [0.25, 0.3) is 16.3 Å². The summed E-state index contributed by atoms with van der Waals surface area (Å²) in [4.78, 5) is 2.83. The van der Waals surface area contributed by atoms with Crippen LogP contribution < -0.4 is 9.64 Å². The second kappa shape index (κ2) is 7.83. The third-order valence-corrected chi connectivity index (χ3v) is 5.69. The van der Waals surface area contributed by atoms with Gasteiger partial charge < -0.3 is 9.64 Å². The molecule has 0 radical (unpaired) electrons. The van der Waals surface area contributed by atoms with Crippen LogP contribution in [0.5, 0.6) is 5.75 Å². The molecule has 2 heterocycles. The zero-order valence-electron chi connectivity index (χ0n) is 17.4. The Hall–Kier alpha value is -2.93. The average molecular weight is 408 g/mol. The zero-order valence-corrected chi connectivity index (χ0v) is 18.2. The number of anilines is 1. The smallest absolute Gasteiger partial charge is 0.235 e. The molecule has 0 N–H and O–H groups in total. The average Bonchev–Trinajstić information content (AvgIpc) is 3.26. The molecule has 0 amide bonds. The van der Waals surface area contributed by atoms with Gasteiger partial charge in [-0.05, 0) is 54.3 Å². The van der Waals surface area contributed by atoms with Crippen molar-refractivity contribution in [2.24, 2.45) is 0 Å². The van der Waals surface area contributed by atoms with Crippen molar-refractivity contribution >= 4 is 22.0 Å². The Kier molecular flexibility index (Phi) is 5.24. The molecular formula is C22H25N5OS. The van der Waals surface area contributed by atoms with Gasteiger partial charge in [-0.15, -0.1) is 10.2 Å². The van der Waals surface area contributed by atoms with Gasteiger partial charge in [-0.1, -0.05) is 37.3 Å². The molecule has 0 fully saturated rings. The van der Waals surface area contributed by atoms with Crippen LogP contribution in [0.3, 0.4) is 0 Å². The minimum absolute atomic E-state index is 0.403. The fourth-order valence-corrected chi connectivity index (χ4v) is 3.93. The molecular weight excluding hydrogens is 382 g/mol. The van der Waals surface area contributed by atoms with E-state index in [9.17, 15) is 0 Å². The number of aromatic nitrogens is 4. The first-order valence-electron chi connectivity index (χ1n) is 9.64. The molecule has 0 bridgehead atoms. The molecule has 0 saturated heterocycles. The molecule has 7 heteroatoms. The molecule has 6 nitrogen and oxygen atoms in total. The van der Waals surface area contributed by atoms with Gasteiger partial charge in [0, 0.05) is 25.3 Å². The molecule has 0 spiro atoms. The third-order valence-electron chi connectivity index (χ3n) is 4.82. The first kappa shape index (κ1) is 19.4. The van der Waals surface area contributed by atoms with Crippen LogP contribution >= 0.6 is 11.3 Å². The number of benzene rings is 2. The summed E-state index contributed by atoms with van der Waals surface area (Å²) in [6.45, 7) is 6.84. The van der Waals surface area contributed by atoms with E-state index in [0.717, 1.165) is 32.8 Å². The summed E-state index contributed by atoms with van der Waals surface area (Å²) in [6.07, 6.45) is 0. The van der Waals surface area contributed by atoms with Crippen molar-refractivity contribution in [3.05, 3.63) is 58.6 Å². The molecule has 2 aromatic heterocycles. The van der Waals surface area contributed by atoms with Gasteiger partial charge in [0.15, 0.2) is 10.8 Å². The minimum Gasteiger partial charge on any atom is -0.486 e. The lowest BCUT2D eigenvalue weighted by atomic mass is 10.0. The van der Waals surface area contributed by atoms with Gasteiger partial charge in [-0.25, -0.2) is 0 Å². The number of aryl methyl sites for hydroxylation is 1. The van der Waals surface area contributed by atoms with E-state index in [-0.39, 0.29) is 0 Å². The molecule has 0 aliphatic carbocycles. The van der Waals surface area contributed by atoms with E-state index < -0.39 is 0 Å². The highest BCUT2D eigenvalue weighted by Gasteiger charge is 2.15. The first-order valence-corrected chi connectivity index (χ1v) is 10.5. The van der Waals surface area contributed by atoms with E-state index in [4.69, 9.17) is 9.84 Å². The van der Waals surface area contributed by atoms with Gasteiger partial charge in [-0.2, -0.15) is 9.61 Å². The van der Waals surface area contributed by atoms with Crippen molar-refractivity contribution in [3.63, 3.8) is 0 Å². The highest BCUT2D eigenvalue weighted by Crippen LogP contribution is 2.29. The molecule has 4 aromatic rings. The van der Waals surface area contributed by atoms with Crippen molar-refractivity contribution in [2.45, 2.75) is 33.3 Å². The summed E-state index contributed by atoms with van der Waals surface area (Å²) in [6, 6.07) is 14.6. The van der Waals surface area contributed by atoms with Crippen molar-refractivity contribution in [1.29, 1.82) is 0 Å². The second-order valence-electron chi connectivity index (χ2n) is 7.64. The fourth-order valence-electron chi connectivity index (χ4n) is 3.19. The Labute approximate surface area is 174 Å². The molecule has 4 rings (SSSR count). The van der Waals surface area contributed by atoms with Crippen LogP contribution in [0.4, 0.5) is 5.69 Å². The number of hydrogen-bond donors (Lipinski definition) is 0. The Morgan fingerprint density at radius 2 is 1.83 bits per heavy atom. The number of fused-ring (bicyclic) bond motifs is 1. The molecule has 29 heavy (non-hydrogen) atoms. The predicted octanol–water partition coefficient (Wildman–Crippen LogP) is 4.93. The van der Waals surface area contributed by atoms with Crippen LogP contribution in [0.15, 0.2) is 42.5 Å². The minimum atomic E-state index is 0.403. The largest absolute Gasteiger partial charge is 0.486 e. The number of nitrogens with zero attached hydrogens (tertiary/aromatic N) is 5. The second-order valence-corrected chi connectivity index (χ2v) is 8.68. The normalized spacial score (nSPS) is 11.4. The Bertz CT molecular complexity index is 1130. The Morgan fingerprint density at radius 3 is 2.52 bits per heavy atom. The summed E-state index contributed by atoms with van der Waals surface area (Å²) in [7, 11) is 4.05. The lowest BCUT2D eigenvalue weighted by molar-refractivity contribution is 0.299. The molecule has 0 aliphatic heterocycles. The first-order chi connectivity index (χ1) is 13.9. The van der Waals surface area contributed by atoms with Gasteiger partial charge in [0.2, 0.25) is 4.96 Å². The lowest BCUT2D eigenvalue weighted by Gasteiger charge is -2.14. The summed E-state index contributed by atoms with van der Waals surface area (Å²) in [5.74, 6) is 2.07. The van der Waals surface area contributed by atoms with Gasteiger partial charge in [0.05, 0.1) is 0 Å². The van der Waals surface area contributed by atoms with E-state index in [2.05, 4.69) is 66.2 Å². The van der Waals surface area contributed by atoms with E-state index in [1.807, 2.05) is 26.2 Å². The van der Waals surface area contributed by atoms with Gasteiger partial charge in [0.1, 0.15) is 12.4 Å². The van der Waals surface area contributed by atoms with Gasteiger partial charge in [0.25, 0.3) is 0 Å². The standard InChI is InChI=1S/C22H25N5OS/c1-14(2)18-11-6-15(3)12-19(18)28-13-20-25-27-21(23-24-22(27)29-20)16-7-9-17(10-8-16)26(4)5/h6-12,14H,13H2,1-5H3. The maximum atomic E-state index is 6.13. The van der Waals surface area contributed by atoms with E-state index in [1.54, 1.807) is 4.52 Å². The topological polar surface area (TPSA) is 55.6 Å². The molecule has 150 valence electrons.